The highest BCUT2D eigenvalue weighted by molar-refractivity contribution is 6.31. The molecule has 0 spiro atoms. The molecule has 128 valence electrons. The first-order chi connectivity index (χ1) is 11.9. The highest BCUT2D eigenvalue weighted by Gasteiger charge is 2.16. The standard InChI is InChI=1S/C17H12Cl2N2O4/c1-24-15-5-4-11(18)6-13(15)17(23)25-9-16(22)21-14-7-12(19)3-2-10(14)8-20/h2-7H,9H2,1H3,(H,21,22). The quantitative estimate of drug-likeness (QED) is 0.801. The summed E-state index contributed by atoms with van der Waals surface area (Å²) in [7, 11) is 1.40. The van der Waals surface area contributed by atoms with Crippen molar-refractivity contribution in [1.29, 1.82) is 5.26 Å². The van der Waals surface area contributed by atoms with Crippen molar-refractivity contribution >= 4 is 40.8 Å². The summed E-state index contributed by atoms with van der Waals surface area (Å²) in [5.74, 6) is -1.11. The van der Waals surface area contributed by atoms with Gasteiger partial charge in [-0.1, -0.05) is 23.2 Å². The molecule has 0 aliphatic heterocycles. The fraction of sp³-hybridized carbons (Fsp3) is 0.118. The fourth-order valence-corrected chi connectivity index (χ4v) is 2.30. The smallest absolute Gasteiger partial charge is 0.342 e. The first-order valence-corrected chi connectivity index (χ1v) is 7.70. The molecule has 1 amide bonds. The summed E-state index contributed by atoms with van der Waals surface area (Å²) in [6.07, 6.45) is 0. The average Bonchev–Trinajstić information content (AvgIpc) is 2.60. The van der Waals surface area contributed by atoms with Gasteiger partial charge in [0.15, 0.2) is 6.61 Å². The minimum Gasteiger partial charge on any atom is -0.496 e. The molecule has 2 rings (SSSR count). The Kier molecular flexibility index (Phi) is 6.23. The summed E-state index contributed by atoms with van der Waals surface area (Å²) < 4.78 is 10.0. The van der Waals surface area contributed by atoms with Crippen molar-refractivity contribution < 1.29 is 19.1 Å². The molecule has 0 saturated carbocycles. The molecule has 0 radical (unpaired) electrons. The SMILES string of the molecule is COc1ccc(Cl)cc1C(=O)OCC(=O)Nc1cc(Cl)ccc1C#N. The molecule has 0 aliphatic rings. The zero-order valence-corrected chi connectivity index (χ0v) is 14.5. The van der Waals surface area contributed by atoms with Gasteiger partial charge in [0.25, 0.3) is 5.91 Å². The van der Waals surface area contributed by atoms with Crippen molar-refractivity contribution in [2.75, 3.05) is 19.0 Å². The molecule has 0 atom stereocenters. The first-order valence-electron chi connectivity index (χ1n) is 6.94. The van der Waals surface area contributed by atoms with Crippen LogP contribution in [0.25, 0.3) is 0 Å². The number of ether oxygens (including phenoxy) is 2. The minimum absolute atomic E-state index is 0.100. The third kappa shape index (κ3) is 4.86. The van der Waals surface area contributed by atoms with Gasteiger partial charge in [0, 0.05) is 10.0 Å². The Bertz CT molecular complexity index is 862. The van der Waals surface area contributed by atoms with Crippen molar-refractivity contribution in [3.05, 3.63) is 57.6 Å². The van der Waals surface area contributed by atoms with Gasteiger partial charge < -0.3 is 14.8 Å². The number of nitrogens with zero attached hydrogens (tertiary/aromatic N) is 1. The number of hydrogen-bond acceptors (Lipinski definition) is 5. The lowest BCUT2D eigenvalue weighted by Gasteiger charge is -2.10. The molecule has 0 saturated heterocycles. The second-order valence-electron chi connectivity index (χ2n) is 4.77. The first kappa shape index (κ1) is 18.6. The Morgan fingerprint density at radius 2 is 1.84 bits per heavy atom. The summed E-state index contributed by atoms with van der Waals surface area (Å²) in [5.41, 5.74) is 0.570. The molecule has 0 aliphatic carbocycles. The maximum absolute atomic E-state index is 12.1. The molecule has 6 nitrogen and oxygen atoms in total. The van der Waals surface area contributed by atoms with Crippen LogP contribution in [0.3, 0.4) is 0 Å². The van der Waals surface area contributed by atoms with Crippen molar-refractivity contribution in [3.8, 4) is 11.8 Å². The molecule has 0 fully saturated rings. The van der Waals surface area contributed by atoms with E-state index in [0.29, 0.717) is 10.0 Å². The normalized spacial score (nSPS) is 9.84. The summed E-state index contributed by atoms with van der Waals surface area (Å²) in [6, 6.07) is 10.8. The minimum atomic E-state index is -0.763. The van der Waals surface area contributed by atoms with Gasteiger partial charge in [-0.15, -0.1) is 0 Å². The van der Waals surface area contributed by atoms with Crippen LogP contribution in [0.2, 0.25) is 10.0 Å². The third-order valence-electron chi connectivity index (χ3n) is 3.09. The van der Waals surface area contributed by atoms with Crippen LogP contribution in [-0.4, -0.2) is 25.6 Å². The topological polar surface area (TPSA) is 88.4 Å². The second kappa shape index (κ2) is 8.38. The van der Waals surface area contributed by atoms with Gasteiger partial charge in [0.2, 0.25) is 0 Å². The van der Waals surface area contributed by atoms with E-state index in [1.807, 2.05) is 6.07 Å². The van der Waals surface area contributed by atoms with Crippen molar-refractivity contribution in [3.63, 3.8) is 0 Å². The fourth-order valence-electron chi connectivity index (χ4n) is 1.95. The molecule has 0 heterocycles. The van der Waals surface area contributed by atoms with Gasteiger partial charge in [0.05, 0.1) is 18.4 Å². The van der Waals surface area contributed by atoms with E-state index in [1.165, 1.54) is 37.4 Å². The lowest BCUT2D eigenvalue weighted by atomic mass is 10.2. The molecule has 1 N–H and O–H groups in total. The maximum Gasteiger partial charge on any atom is 0.342 e. The van der Waals surface area contributed by atoms with Crippen molar-refractivity contribution in [2.45, 2.75) is 0 Å². The summed E-state index contributed by atoms with van der Waals surface area (Å²) in [6.45, 7) is -0.550. The van der Waals surface area contributed by atoms with Gasteiger partial charge in [-0.3, -0.25) is 4.79 Å². The molecule has 0 aromatic heterocycles. The van der Waals surface area contributed by atoms with E-state index in [1.54, 1.807) is 6.07 Å². The predicted molar refractivity (Wildman–Crippen MR) is 93.1 cm³/mol. The number of methoxy groups -OCH3 is 1. The Labute approximate surface area is 153 Å². The van der Waals surface area contributed by atoms with E-state index >= 15 is 0 Å². The summed E-state index contributed by atoms with van der Waals surface area (Å²) in [5, 5.41) is 12.2. The van der Waals surface area contributed by atoms with Crippen LogP contribution < -0.4 is 10.1 Å². The van der Waals surface area contributed by atoms with Gasteiger partial charge in [0.1, 0.15) is 17.4 Å². The van der Waals surface area contributed by atoms with Crippen molar-refractivity contribution in [2.24, 2.45) is 0 Å². The van der Waals surface area contributed by atoms with Gasteiger partial charge >= 0.3 is 5.97 Å². The molecule has 25 heavy (non-hydrogen) atoms. The highest BCUT2D eigenvalue weighted by Crippen LogP contribution is 2.23. The average molecular weight is 379 g/mol. The lowest BCUT2D eigenvalue weighted by molar-refractivity contribution is -0.119. The lowest BCUT2D eigenvalue weighted by Crippen LogP contribution is -2.21. The van der Waals surface area contributed by atoms with E-state index in [2.05, 4.69) is 5.32 Å². The number of hydrogen-bond donors (Lipinski definition) is 1. The van der Waals surface area contributed by atoms with E-state index in [9.17, 15) is 9.59 Å². The molecule has 2 aromatic carbocycles. The second-order valence-corrected chi connectivity index (χ2v) is 5.64. The van der Waals surface area contributed by atoms with Crippen LogP contribution in [0, 0.1) is 11.3 Å². The molecular formula is C17H12Cl2N2O4. The maximum atomic E-state index is 12.1. The van der Waals surface area contributed by atoms with Crippen LogP contribution in [0.15, 0.2) is 36.4 Å². The molecule has 0 bridgehead atoms. The number of amides is 1. The number of esters is 1. The molecular weight excluding hydrogens is 367 g/mol. The number of rotatable bonds is 5. The van der Waals surface area contributed by atoms with Crippen LogP contribution in [-0.2, 0) is 9.53 Å². The largest absolute Gasteiger partial charge is 0.496 e. The predicted octanol–water partition coefficient (Wildman–Crippen LogP) is 3.67. The Hall–Kier alpha value is -2.75. The number of nitrogens with one attached hydrogen (secondary N) is 1. The Balaban J connectivity index is 2.03. The number of carbonyl (C=O) groups excluding carboxylic acids is 2. The van der Waals surface area contributed by atoms with Crippen LogP contribution in [0.4, 0.5) is 5.69 Å². The third-order valence-corrected chi connectivity index (χ3v) is 3.56. The van der Waals surface area contributed by atoms with E-state index in [-0.39, 0.29) is 22.6 Å². The summed E-state index contributed by atoms with van der Waals surface area (Å²) >= 11 is 11.7. The van der Waals surface area contributed by atoms with E-state index < -0.39 is 18.5 Å². The Morgan fingerprint density at radius 3 is 2.52 bits per heavy atom. The Morgan fingerprint density at radius 1 is 1.16 bits per heavy atom. The number of nitriles is 1. The number of benzene rings is 2. The molecule has 8 heteroatoms. The molecule has 2 aromatic rings. The molecule has 0 unspecified atom stereocenters. The zero-order valence-electron chi connectivity index (χ0n) is 13.0. The van der Waals surface area contributed by atoms with Crippen LogP contribution in [0.1, 0.15) is 15.9 Å². The van der Waals surface area contributed by atoms with E-state index in [4.69, 9.17) is 37.9 Å². The highest BCUT2D eigenvalue weighted by atomic mass is 35.5. The van der Waals surface area contributed by atoms with Gasteiger partial charge in [-0.05, 0) is 36.4 Å². The van der Waals surface area contributed by atoms with Gasteiger partial charge in [-0.2, -0.15) is 5.26 Å². The zero-order chi connectivity index (χ0) is 18.4. The van der Waals surface area contributed by atoms with Crippen molar-refractivity contribution in [1.82, 2.24) is 0 Å². The number of halogens is 2. The number of anilines is 1. The van der Waals surface area contributed by atoms with Gasteiger partial charge in [-0.25, -0.2) is 4.79 Å². The number of carbonyl (C=O) groups is 2. The van der Waals surface area contributed by atoms with Crippen LogP contribution in [0.5, 0.6) is 5.75 Å². The van der Waals surface area contributed by atoms with Crippen LogP contribution >= 0.6 is 23.2 Å². The monoisotopic (exact) mass is 378 g/mol. The van der Waals surface area contributed by atoms with E-state index in [0.717, 1.165) is 0 Å². The summed E-state index contributed by atoms with van der Waals surface area (Å²) in [4.78, 5) is 24.0.